The molecule has 1 aromatic rings. The molecule has 0 aliphatic rings. The quantitative estimate of drug-likeness (QED) is 0.841. The van der Waals surface area contributed by atoms with Gasteiger partial charge < -0.3 is 5.11 Å². The molecule has 96 valence electrons. The molecule has 0 aliphatic heterocycles. The van der Waals surface area contributed by atoms with Gasteiger partial charge in [-0.1, -0.05) is 17.7 Å². The van der Waals surface area contributed by atoms with E-state index in [1.807, 2.05) is 19.1 Å². The average Bonchev–Trinajstić information content (AvgIpc) is 2.31. The van der Waals surface area contributed by atoms with Crippen LogP contribution in [0.4, 0.5) is 5.69 Å². The van der Waals surface area contributed by atoms with Gasteiger partial charge in [-0.2, -0.15) is 0 Å². The zero-order chi connectivity index (χ0) is 12.9. The van der Waals surface area contributed by atoms with Gasteiger partial charge in [0, 0.05) is 13.2 Å². The Bertz CT molecular complexity index is 439. The van der Waals surface area contributed by atoms with Crippen LogP contribution >= 0.6 is 0 Å². The van der Waals surface area contributed by atoms with E-state index in [4.69, 9.17) is 5.11 Å². The Balaban J connectivity index is 3.02. The van der Waals surface area contributed by atoms with Gasteiger partial charge in [-0.15, -0.1) is 0 Å². The highest BCUT2D eigenvalue weighted by Gasteiger charge is 2.19. The molecule has 0 saturated heterocycles. The van der Waals surface area contributed by atoms with E-state index in [0.29, 0.717) is 18.7 Å². The van der Waals surface area contributed by atoms with Crippen molar-refractivity contribution in [3.05, 3.63) is 29.8 Å². The molecule has 0 aromatic heterocycles. The number of benzene rings is 1. The van der Waals surface area contributed by atoms with Crippen LogP contribution in [0.15, 0.2) is 24.3 Å². The third-order valence-corrected chi connectivity index (χ3v) is 4.34. The SMILES string of the molecule is CCS(=O)(=O)N(CCCO)c1ccc(C)cc1. The van der Waals surface area contributed by atoms with E-state index in [-0.39, 0.29) is 12.4 Å². The number of nitrogens with zero attached hydrogens (tertiary/aromatic N) is 1. The minimum absolute atomic E-state index is 0.0123. The molecule has 0 aliphatic carbocycles. The predicted octanol–water partition coefficient (Wildman–Crippen LogP) is 1.53. The first kappa shape index (κ1) is 14.0. The smallest absolute Gasteiger partial charge is 0.234 e. The Hall–Kier alpha value is -1.07. The second-order valence-electron chi connectivity index (χ2n) is 3.89. The maximum absolute atomic E-state index is 11.9. The molecule has 5 heteroatoms. The van der Waals surface area contributed by atoms with E-state index in [2.05, 4.69) is 0 Å². The number of aliphatic hydroxyl groups excluding tert-OH is 1. The molecular weight excluding hydrogens is 238 g/mol. The number of aliphatic hydroxyl groups is 1. The van der Waals surface area contributed by atoms with Crippen LogP contribution in [0, 0.1) is 6.92 Å². The summed E-state index contributed by atoms with van der Waals surface area (Å²) in [6.07, 6.45) is 0.438. The van der Waals surface area contributed by atoms with Crippen LogP contribution in [0.5, 0.6) is 0 Å². The Morgan fingerprint density at radius 2 is 1.82 bits per heavy atom. The Kier molecular flexibility index (Phi) is 4.96. The van der Waals surface area contributed by atoms with Crippen molar-refractivity contribution in [1.82, 2.24) is 0 Å². The van der Waals surface area contributed by atoms with Crippen LogP contribution in [0.3, 0.4) is 0 Å². The standard InChI is InChI=1S/C12H19NO3S/c1-3-17(15,16)13(9-4-10-14)12-7-5-11(2)6-8-12/h5-8,14H,3-4,9-10H2,1-2H3. The highest BCUT2D eigenvalue weighted by atomic mass is 32.2. The molecule has 0 heterocycles. The van der Waals surface area contributed by atoms with E-state index in [9.17, 15) is 8.42 Å². The van der Waals surface area contributed by atoms with Gasteiger partial charge >= 0.3 is 0 Å². The van der Waals surface area contributed by atoms with Crippen LogP contribution in [0.1, 0.15) is 18.9 Å². The minimum Gasteiger partial charge on any atom is -0.396 e. The number of anilines is 1. The molecule has 0 radical (unpaired) electrons. The van der Waals surface area contributed by atoms with Crippen LogP contribution < -0.4 is 4.31 Å². The third-order valence-electron chi connectivity index (χ3n) is 2.54. The summed E-state index contributed by atoms with van der Waals surface area (Å²) in [6, 6.07) is 7.35. The number of hydrogen-bond acceptors (Lipinski definition) is 3. The minimum atomic E-state index is -3.28. The van der Waals surface area contributed by atoms with Crippen molar-refractivity contribution >= 4 is 15.7 Å². The summed E-state index contributed by atoms with van der Waals surface area (Å²) >= 11 is 0. The van der Waals surface area contributed by atoms with Gasteiger partial charge in [0.1, 0.15) is 0 Å². The van der Waals surface area contributed by atoms with Gasteiger partial charge in [0.05, 0.1) is 11.4 Å². The van der Waals surface area contributed by atoms with Gasteiger partial charge in [0.15, 0.2) is 0 Å². The molecule has 0 bridgehead atoms. The second kappa shape index (κ2) is 6.02. The summed E-state index contributed by atoms with van der Waals surface area (Å²) in [6.45, 7) is 3.88. The first-order valence-corrected chi connectivity index (χ1v) is 7.30. The van der Waals surface area contributed by atoms with Crippen LogP contribution in [0.2, 0.25) is 0 Å². The summed E-state index contributed by atoms with van der Waals surface area (Å²) in [5.41, 5.74) is 1.75. The molecule has 1 rings (SSSR count). The zero-order valence-corrected chi connectivity index (χ0v) is 11.1. The molecule has 0 spiro atoms. The van der Waals surface area contributed by atoms with Crippen LogP contribution in [0.25, 0.3) is 0 Å². The molecular formula is C12H19NO3S. The summed E-state index contributed by atoms with van der Waals surface area (Å²) in [7, 11) is -3.28. The lowest BCUT2D eigenvalue weighted by atomic mass is 10.2. The first-order valence-electron chi connectivity index (χ1n) is 5.69. The third kappa shape index (κ3) is 3.71. The number of hydrogen-bond donors (Lipinski definition) is 1. The van der Waals surface area contributed by atoms with E-state index >= 15 is 0 Å². The lowest BCUT2D eigenvalue weighted by molar-refractivity contribution is 0.291. The maximum atomic E-state index is 11.9. The van der Waals surface area contributed by atoms with Crippen molar-refractivity contribution in [3.8, 4) is 0 Å². The monoisotopic (exact) mass is 257 g/mol. The van der Waals surface area contributed by atoms with Crippen molar-refractivity contribution in [1.29, 1.82) is 0 Å². The molecule has 0 amide bonds. The molecule has 0 saturated carbocycles. The van der Waals surface area contributed by atoms with Crippen molar-refractivity contribution in [2.24, 2.45) is 0 Å². The molecule has 0 atom stereocenters. The van der Waals surface area contributed by atoms with Gasteiger partial charge in [-0.05, 0) is 32.4 Å². The van der Waals surface area contributed by atoms with E-state index < -0.39 is 10.0 Å². The summed E-state index contributed by atoms with van der Waals surface area (Å²) < 4.78 is 25.2. The molecule has 4 nitrogen and oxygen atoms in total. The average molecular weight is 257 g/mol. The second-order valence-corrected chi connectivity index (χ2v) is 6.07. The molecule has 1 aromatic carbocycles. The summed E-state index contributed by atoms with van der Waals surface area (Å²) in [4.78, 5) is 0. The molecule has 17 heavy (non-hydrogen) atoms. The van der Waals surface area contributed by atoms with E-state index in [1.165, 1.54) is 4.31 Å². The fourth-order valence-corrected chi connectivity index (χ4v) is 2.67. The highest BCUT2D eigenvalue weighted by Crippen LogP contribution is 2.19. The van der Waals surface area contributed by atoms with Crippen LogP contribution in [-0.2, 0) is 10.0 Å². The van der Waals surface area contributed by atoms with Gasteiger partial charge in [0.2, 0.25) is 10.0 Å². The Labute approximate surface area is 103 Å². The fourth-order valence-electron chi connectivity index (χ4n) is 1.51. The van der Waals surface area contributed by atoms with E-state index in [1.54, 1.807) is 19.1 Å². The van der Waals surface area contributed by atoms with Gasteiger partial charge in [0.25, 0.3) is 0 Å². The Morgan fingerprint density at radius 1 is 1.24 bits per heavy atom. The number of rotatable bonds is 6. The van der Waals surface area contributed by atoms with Gasteiger partial charge in [-0.3, -0.25) is 4.31 Å². The summed E-state index contributed by atoms with van der Waals surface area (Å²) in [5, 5.41) is 8.82. The number of aryl methyl sites for hydroxylation is 1. The lowest BCUT2D eigenvalue weighted by Gasteiger charge is -2.23. The lowest BCUT2D eigenvalue weighted by Crippen LogP contribution is -2.33. The Morgan fingerprint density at radius 3 is 2.29 bits per heavy atom. The van der Waals surface area contributed by atoms with Crippen molar-refractivity contribution in [2.45, 2.75) is 20.3 Å². The topological polar surface area (TPSA) is 57.6 Å². The number of sulfonamides is 1. The molecule has 0 fully saturated rings. The normalized spacial score (nSPS) is 11.5. The van der Waals surface area contributed by atoms with Crippen molar-refractivity contribution in [3.63, 3.8) is 0 Å². The molecule has 1 N–H and O–H groups in total. The fraction of sp³-hybridized carbons (Fsp3) is 0.500. The van der Waals surface area contributed by atoms with Crippen molar-refractivity contribution < 1.29 is 13.5 Å². The first-order chi connectivity index (χ1) is 8.01. The predicted molar refractivity (Wildman–Crippen MR) is 69.7 cm³/mol. The highest BCUT2D eigenvalue weighted by molar-refractivity contribution is 7.92. The zero-order valence-electron chi connectivity index (χ0n) is 10.3. The summed E-state index contributed by atoms with van der Waals surface area (Å²) in [5.74, 6) is 0.0618. The van der Waals surface area contributed by atoms with E-state index in [0.717, 1.165) is 5.56 Å². The van der Waals surface area contributed by atoms with Gasteiger partial charge in [-0.25, -0.2) is 8.42 Å². The van der Waals surface area contributed by atoms with Crippen molar-refractivity contribution in [2.75, 3.05) is 23.2 Å². The maximum Gasteiger partial charge on any atom is 0.234 e. The molecule has 0 unspecified atom stereocenters. The largest absolute Gasteiger partial charge is 0.396 e. The van der Waals surface area contributed by atoms with Crippen LogP contribution in [-0.4, -0.2) is 32.4 Å².